The Bertz CT molecular complexity index is 329. The molecule has 0 heterocycles. The first-order valence-electron chi connectivity index (χ1n) is 8.02. The van der Waals surface area contributed by atoms with Gasteiger partial charge in [0.05, 0.1) is 0 Å². The van der Waals surface area contributed by atoms with Crippen LogP contribution in [0.25, 0.3) is 0 Å². The van der Waals surface area contributed by atoms with Crippen LogP contribution in [-0.4, -0.2) is 51.1 Å². The number of carbonyl (C=O) groups excluding carboxylic acids is 1. The lowest BCUT2D eigenvalue weighted by Gasteiger charge is -2.25. The Balaban J connectivity index is 0.000000558. The molecule has 0 unspecified atom stereocenters. The molecule has 0 amide bonds. The number of carbonyl (C=O) groups is 3. The predicted octanol–water partition coefficient (Wildman–Crippen LogP) is 4.25. The van der Waals surface area contributed by atoms with E-state index in [-0.39, 0.29) is 12.2 Å². The van der Waals surface area contributed by atoms with E-state index in [2.05, 4.69) is 0 Å². The molecule has 2 aliphatic rings. The third kappa shape index (κ3) is 14.7. The Hall–Kier alpha value is -2.19. The Morgan fingerprint density at radius 2 is 0.833 bits per heavy atom. The molecule has 0 radical (unpaired) electrons. The second kappa shape index (κ2) is 13.3. The maximum absolute atomic E-state index is 11.5. The number of ether oxygens (including phenoxy) is 2. The van der Waals surface area contributed by atoms with Crippen LogP contribution in [0.4, 0.5) is 14.4 Å². The quantitative estimate of drug-likeness (QED) is 0.535. The van der Waals surface area contributed by atoms with Gasteiger partial charge in [0.15, 0.2) is 0 Å². The third-order valence-corrected chi connectivity index (χ3v) is 3.63. The molecule has 2 aliphatic carbocycles. The third-order valence-electron chi connectivity index (χ3n) is 3.63. The van der Waals surface area contributed by atoms with Gasteiger partial charge in [-0.1, -0.05) is 12.8 Å². The molecule has 140 valence electrons. The Kier molecular flexibility index (Phi) is 12.1. The van der Waals surface area contributed by atoms with E-state index in [4.69, 9.17) is 39.5 Å². The van der Waals surface area contributed by atoms with Crippen molar-refractivity contribution in [3.63, 3.8) is 0 Å². The summed E-state index contributed by atoms with van der Waals surface area (Å²) < 4.78 is 10.7. The Morgan fingerprint density at radius 1 is 0.583 bits per heavy atom. The van der Waals surface area contributed by atoms with Gasteiger partial charge in [0, 0.05) is 0 Å². The van der Waals surface area contributed by atoms with Crippen molar-refractivity contribution < 1.29 is 44.3 Å². The van der Waals surface area contributed by atoms with E-state index in [1.165, 1.54) is 38.5 Å². The predicted molar refractivity (Wildman–Crippen MR) is 82.6 cm³/mol. The highest BCUT2D eigenvalue weighted by Crippen LogP contribution is 2.23. The molecule has 0 atom stereocenters. The molecular formula is C15H26O9. The van der Waals surface area contributed by atoms with E-state index in [1.54, 1.807) is 0 Å². The molecule has 2 saturated carbocycles. The highest BCUT2D eigenvalue weighted by atomic mass is 16.7. The first kappa shape index (κ1) is 21.8. The highest BCUT2D eigenvalue weighted by molar-refractivity contribution is 5.60. The first-order valence-corrected chi connectivity index (χ1v) is 8.02. The lowest BCUT2D eigenvalue weighted by Crippen LogP contribution is -2.26. The van der Waals surface area contributed by atoms with Crippen LogP contribution in [0.3, 0.4) is 0 Å². The maximum Gasteiger partial charge on any atom is 0.508 e. The summed E-state index contributed by atoms with van der Waals surface area (Å²) in [4.78, 5) is 28.6. The van der Waals surface area contributed by atoms with Crippen LogP contribution >= 0.6 is 0 Å². The van der Waals surface area contributed by atoms with E-state index < -0.39 is 18.5 Å². The van der Waals surface area contributed by atoms with Crippen molar-refractivity contribution in [3.8, 4) is 0 Å². The average molecular weight is 350 g/mol. The molecule has 0 aromatic rings. The van der Waals surface area contributed by atoms with E-state index in [1.807, 2.05) is 0 Å². The van der Waals surface area contributed by atoms with Gasteiger partial charge in [0.25, 0.3) is 0 Å². The molecule has 9 nitrogen and oxygen atoms in total. The molecule has 0 aromatic heterocycles. The number of hydrogen-bond donors (Lipinski definition) is 4. The average Bonchev–Trinajstić information content (AvgIpc) is 2.48. The van der Waals surface area contributed by atoms with E-state index in [0.29, 0.717) is 0 Å². The van der Waals surface area contributed by atoms with Crippen LogP contribution in [0.2, 0.25) is 0 Å². The Labute approximate surface area is 140 Å². The van der Waals surface area contributed by atoms with Gasteiger partial charge in [-0.2, -0.15) is 0 Å². The van der Waals surface area contributed by atoms with Crippen molar-refractivity contribution in [2.75, 3.05) is 0 Å². The minimum Gasteiger partial charge on any atom is -0.450 e. The summed E-state index contributed by atoms with van der Waals surface area (Å²) in [6, 6.07) is 0. The van der Waals surface area contributed by atoms with Crippen LogP contribution < -0.4 is 0 Å². The molecule has 0 bridgehead atoms. The summed E-state index contributed by atoms with van der Waals surface area (Å²) in [6.45, 7) is 0. The number of rotatable bonds is 2. The van der Waals surface area contributed by atoms with E-state index >= 15 is 0 Å². The van der Waals surface area contributed by atoms with E-state index in [9.17, 15) is 4.79 Å². The van der Waals surface area contributed by atoms with Crippen LogP contribution in [-0.2, 0) is 9.47 Å². The molecule has 0 saturated heterocycles. The fourth-order valence-corrected chi connectivity index (χ4v) is 2.67. The largest absolute Gasteiger partial charge is 0.508 e. The Morgan fingerprint density at radius 3 is 1.08 bits per heavy atom. The minimum atomic E-state index is -1.83. The molecule has 4 N–H and O–H groups in total. The smallest absolute Gasteiger partial charge is 0.450 e. The van der Waals surface area contributed by atoms with Crippen molar-refractivity contribution in [2.24, 2.45) is 0 Å². The lowest BCUT2D eigenvalue weighted by molar-refractivity contribution is -0.0189. The summed E-state index contributed by atoms with van der Waals surface area (Å²) in [5.74, 6) is 0. The zero-order chi connectivity index (χ0) is 18.4. The lowest BCUT2D eigenvalue weighted by atomic mass is 9.98. The monoisotopic (exact) mass is 350 g/mol. The molecule has 9 heteroatoms. The van der Waals surface area contributed by atoms with Crippen molar-refractivity contribution in [3.05, 3.63) is 0 Å². The van der Waals surface area contributed by atoms with Gasteiger partial charge in [0.2, 0.25) is 0 Å². The molecular weight excluding hydrogens is 324 g/mol. The van der Waals surface area contributed by atoms with Crippen molar-refractivity contribution in [2.45, 2.75) is 76.4 Å². The van der Waals surface area contributed by atoms with Crippen LogP contribution in [0.1, 0.15) is 64.2 Å². The van der Waals surface area contributed by atoms with Gasteiger partial charge in [-0.05, 0) is 51.4 Å². The molecule has 2 rings (SSSR count). The molecule has 0 aromatic carbocycles. The van der Waals surface area contributed by atoms with Crippen LogP contribution in [0, 0.1) is 0 Å². The summed E-state index contributed by atoms with van der Waals surface area (Å²) >= 11 is 0. The number of carboxylic acid groups (broad SMARTS) is 4. The van der Waals surface area contributed by atoms with Gasteiger partial charge in [-0.3, -0.25) is 0 Å². The topological polar surface area (TPSA) is 151 Å². The van der Waals surface area contributed by atoms with Gasteiger partial charge in [-0.25, -0.2) is 14.4 Å². The van der Waals surface area contributed by atoms with Gasteiger partial charge >= 0.3 is 18.5 Å². The van der Waals surface area contributed by atoms with Crippen molar-refractivity contribution in [1.29, 1.82) is 0 Å². The SMILES string of the molecule is O=C(O)O.O=C(O)O.O=C(OC1CCCCC1)OC1CCCCC1. The van der Waals surface area contributed by atoms with Gasteiger partial charge in [-0.15, -0.1) is 0 Å². The zero-order valence-corrected chi connectivity index (χ0v) is 13.6. The van der Waals surface area contributed by atoms with Crippen LogP contribution in [0.15, 0.2) is 0 Å². The first-order chi connectivity index (χ1) is 11.3. The fourth-order valence-electron chi connectivity index (χ4n) is 2.67. The summed E-state index contributed by atoms with van der Waals surface area (Å²) in [5.41, 5.74) is 0. The second-order valence-corrected chi connectivity index (χ2v) is 5.57. The fraction of sp³-hybridized carbons (Fsp3) is 0.800. The normalized spacial score (nSPS) is 18.0. The van der Waals surface area contributed by atoms with Crippen molar-refractivity contribution >= 4 is 18.5 Å². The molecule has 24 heavy (non-hydrogen) atoms. The van der Waals surface area contributed by atoms with Crippen LogP contribution in [0.5, 0.6) is 0 Å². The highest BCUT2D eigenvalue weighted by Gasteiger charge is 2.22. The molecule has 0 spiro atoms. The standard InChI is InChI=1S/C13H22O3.2CH2O3/c14-13(15-11-7-3-1-4-8-11)16-12-9-5-2-6-10-12;2*2-1(3)4/h11-12H,1-10H2;2*(H2,2,3,4). The maximum atomic E-state index is 11.5. The zero-order valence-electron chi connectivity index (χ0n) is 13.6. The van der Waals surface area contributed by atoms with Crippen molar-refractivity contribution in [1.82, 2.24) is 0 Å². The molecule has 0 aliphatic heterocycles. The van der Waals surface area contributed by atoms with Gasteiger partial charge in [0.1, 0.15) is 12.2 Å². The summed E-state index contributed by atoms with van der Waals surface area (Å²) in [7, 11) is 0. The second-order valence-electron chi connectivity index (χ2n) is 5.57. The summed E-state index contributed by atoms with van der Waals surface area (Å²) in [5, 5.41) is 27.9. The van der Waals surface area contributed by atoms with E-state index in [0.717, 1.165) is 25.7 Å². The molecule has 2 fully saturated rings. The van der Waals surface area contributed by atoms with Gasteiger partial charge < -0.3 is 29.9 Å². The number of hydrogen-bond acceptors (Lipinski definition) is 5. The minimum absolute atomic E-state index is 0.116. The summed E-state index contributed by atoms with van der Waals surface area (Å²) in [6.07, 6.45) is 7.47.